The molecule has 0 saturated heterocycles. The first-order chi connectivity index (χ1) is 7.42. The van der Waals surface area contributed by atoms with Gasteiger partial charge in [-0.2, -0.15) is 0 Å². The van der Waals surface area contributed by atoms with E-state index in [9.17, 15) is 13.2 Å². The molecule has 1 aromatic rings. The van der Waals surface area contributed by atoms with Gasteiger partial charge in [0.15, 0.2) is 9.84 Å². The average molecular weight is 240 g/mol. The van der Waals surface area contributed by atoms with Crippen LogP contribution < -0.4 is 0 Å². The summed E-state index contributed by atoms with van der Waals surface area (Å²) in [6, 6.07) is 4.84. The Labute approximate surface area is 93.8 Å². The van der Waals surface area contributed by atoms with Crippen molar-refractivity contribution in [3.63, 3.8) is 0 Å². The van der Waals surface area contributed by atoms with Crippen molar-refractivity contribution in [1.29, 1.82) is 0 Å². The number of fused-ring (bicyclic) bond motifs is 1. The van der Waals surface area contributed by atoms with E-state index in [1.807, 2.05) is 6.92 Å². The minimum Gasteiger partial charge on any atom is -0.481 e. The van der Waals surface area contributed by atoms with Gasteiger partial charge in [-0.15, -0.1) is 0 Å². The maximum atomic E-state index is 11.8. The lowest BCUT2D eigenvalue weighted by molar-refractivity contribution is -0.136. The van der Waals surface area contributed by atoms with E-state index >= 15 is 0 Å². The van der Waals surface area contributed by atoms with Gasteiger partial charge >= 0.3 is 5.97 Å². The number of sulfone groups is 1. The van der Waals surface area contributed by atoms with Crippen LogP contribution in [-0.4, -0.2) is 25.2 Å². The van der Waals surface area contributed by atoms with Crippen molar-refractivity contribution >= 4 is 15.8 Å². The van der Waals surface area contributed by atoms with Crippen molar-refractivity contribution in [3.05, 3.63) is 29.3 Å². The predicted octanol–water partition coefficient (Wildman–Crippen LogP) is 1.20. The van der Waals surface area contributed by atoms with E-state index < -0.39 is 15.8 Å². The van der Waals surface area contributed by atoms with Crippen LogP contribution in [0.15, 0.2) is 23.1 Å². The van der Waals surface area contributed by atoms with Gasteiger partial charge in [0.05, 0.1) is 17.1 Å². The second-order valence-electron chi connectivity index (χ2n) is 4.08. The van der Waals surface area contributed by atoms with E-state index in [2.05, 4.69) is 0 Å². The number of rotatable bonds is 2. The van der Waals surface area contributed by atoms with Crippen molar-refractivity contribution < 1.29 is 18.3 Å². The van der Waals surface area contributed by atoms with Crippen LogP contribution in [0.25, 0.3) is 0 Å². The molecule has 1 heterocycles. The zero-order chi connectivity index (χ0) is 11.9. The maximum absolute atomic E-state index is 11.8. The molecule has 0 aromatic heterocycles. The number of aliphatic carboxylic acids is 1. The minimum atomic E-state index is -3.21. The third-order valence-electron chi connectivity index (χ3n) is 2.80. The van der Waals surface area contributed by atoms with E-state index in [1.165, 1.54) is 0 Å². The van der Waals surface area contributed by atoms with Gasteiger partial charge in [-0.1, -0.05) is 19.1 Å². The zero-order valence-corrected chi connectivity index (χ0v) is 9.62. The number of hydrogen-bond acceptors (Lipinski definition) is 3. The summed E-state index contributed by atoms with van der Waals surface area (Å²) in [4.78, 5) is 11.0. The number of carbonyl (C=O) groups is 1. The molecule has 1 aliphatic rings. The molecule has 1 unspecified atom stereocenters. The molecule has 0 radical (unpaired) electrons. The molecule has 0 saturated carbocycles. The Morgan fingerprint density at radius 2 is 2.19 bits per heavy atom. The van der Waals surface area contributed by atoms with Gasteiger partial charge in [-0.05, 0) is 23.1 Å². The van der Waals surface area contributed by atoms with Crippen molar-refractivity contribution in [2.24, 2.45) is 0 Å². The van der Waals surface area contributed by atoms with Gasteiger partial charge in [0.2, 0.25) is 0 Å². The fourth-order valence-electron chi connectivity index (χ4n) is 2.24. The monoisotopic (exact) mass is 240 g/mol. The van der Waals surface area contributed by atoms with Crippen molar-refractivity contribution in [3.8, 4) is 0 Å². The first kappa shape index (κ1) is 11.1. The van der Waals surface area contributed by atoms with E-state index in [0.717, 1.165) is 0 Å². The molecule has 16 heavy (non-hydrogen) atoms. The quantitative estimate of drug-likeness (QED) is 0.843. The van der Waals surface area contributed by atoms with Gasteiger partial charge in [-0.3, -0.25) is 4.79 Å². The SMILES string of the molecule is CC1CS(=O)(=O)c2cccc(CC(=O)O)c21. The highest BCUT2D eigenvalue weighted by Gasteiger charge is 2.33. The lowest BCUT2D eigenvalue weighted by Gasteiger charge is -2.08. The predicted molar refractivity (Wildman–Crippen MR) is 58.2 cm³/mol. The average Bonchev–Trinajstić information content (AvgIpc) is 2.37. The molecule has 2 rings (SSSR count). The summed E-state index contributed by atoms with van der Waals surface area (Å²) in [7, 11) is -3.21. The summed E-state index contributed by atoms with van der Waals surface area (Å²) < 4.78 is 23.5. The second kappa shape index (κ2) is 3.59. The van der Waals surface area contributed by atoms with Crippen LogP contribution in [0.3, 0.4) is 0 Å². The van der Waals surface area contributed by atoms with Crippen molar-refractivity contribution in [2.45, 2.75) is 24.2 Å². The van der Waals surface area contributed by atoms with Crippen molar-refractivity contribution in [2.75, 3.05) is 5.75 Å². The summed E-state index contributed by atoms with van der Waals surface area (Å²) in [5.74, 6) is -0.973. The minimum absolute atomic E-state index is 0.0823. The summed E-state index contributed by atoms with van der Waals surface area (Å²) in [5.41, 5.74) is 1.29. The van der Waals surface area contributed by atoms with Crippen LogP contribution in [0.4, 0.5) is 0 Å². The summed E-state index contributed by atoms with van der Waals surface area (Å²) >= 11 is 0. The summed E-state index contributed by atoms with van der Waals surface area (Å²) in [6.45, 7) is 1.81. The van der Waals surface area contributed by atoms with Gasteiger partial charge in [0.25, 0.3) is 0 Å². The Morgan fingerprint density at radius 3 is 2.81 bits per heavy atom. The Hall–Kier alpha value is -1.36. The molecule has 5 heteroatoms. The lowest BCUT2D eigenvalue weighted by atomic mass is 9.95. The second-order valence-corrected chi connectivity index (χ2v) is 6.08. The molecule has 4 nitrogen and oxygen atoms in total. The number of carboxylic acids is 1. The third kappa shape index (κ3) is 1.71. The van der Waals surface area contributed by atoms with E-state index in [0.29, 0.717) is 16.0 Å². The number of carboxylic acid groups (broad SMARTS) is 1. The number of benzene rings is 1. The molecule has 0 aliphatic carbocycles. The van der Waals surface area contributed by atoms with Gasteiger partial charge in [-0.25, -0.2) is 8.42 Å². The molecular formula is C11H12O4S. The molecule has 1 atom stereocenters. The fraction of sp³-hybridized carbons (Fsp3) is 0.364. The smallest absolute Gasteiger partial charge is 0.307 e. The number of hydrogen-bond donors (Lipinski definition) is 1. The van der Waals surface area contributed by atoms with Crippen LogP contribution in [0.2, 0.25) is 0 Å². The van der Waals surface area contributed by atoms with Crippen LogP contribution in [0, 0.1) is 0 Å². The molecule has 1 aliphatic heterocycles. The Morgan fingerprint density at radius 1 is 1.50 bits per heavy atom. The molecule has 0 bridgehead atoms. The topological polar surface area (TPSA) is 71.4 Å². The van der Waals surface area contributed by atoms with E-state index in [1.54, 1.807) is 18.2 Å². The third-order valence-corrected chi connectivity index (χ3v) is 4.76. The normalized spacial score (nSPS) is 21.7. The molecule has 86 valence electrons. The summed E-state index contributed by atoms with van der Waals surface area (Å²) in [6.07, 6.45) is -0.122. The molecule has 1 aromatic carbocycles. The van der Waals surface area contributed by atoms with Crippen LogP contribution in [0.5, 0.6) is 0 Å². The van der Waals surface area contributed by atoms with Gasteiger partial charge in [0.1, 0.15) is 0 Å². The molecule has 0 fully saturated rings. The fourth-order valence-corrected chi connectivity index (χ4v) is 4.20. The van der Waals surface area contributed by atoms with E-state index in [4.69, 9.17) is 5.11 Å². The van der Waals surface area contributed by atoms with Gasteiger partial charge < -0.3 is 5.11 Å². The highest BCUT2D eigenvalue weighted by Crippen LogP contribution is 2.36. The van der Waals surface area contributed by atoms with Gasteiger partial charge in [0, 0.05) is 0 Å². The van der Waals surface area contributed by atoms with Crippen LogP contribution >= 0.6 is 0 Å². The standard InChI is InChI=1S/C11H12O4S/c1-7-6-16(14,15)9-4-2-3-8(11(7)9)5-10(12)13/h2-4,7H,5-6H2,1H3,(H,12,13). The largest absolute Gasteiger partial charge is 0.481 e. The molecule has 0 spiro atoms. The highest BCUT2D eigenvalue weighted by molar-refractivity contribution is 7.91. The summed E-state index contributed by atoms with van der Waals surface area (Å²) in [5, 5.41) is 8.77. The van der Waals surface area contributed by atoms with Crippen LogP contribution in [-0.2, 0) is 21.1 Å². The lowest BCUT2D eigenvalue weighted by Crippen LogP contribution is -2.04. The Kier molecular flexibility index (Phi) is 2.50. The Bertz CT molecular complexity index is 545. The Balaban J connectivity index is 2.61. The molecule has 0 amide bonds. The molecular weight excluding hydrogens is 228 g/mol. The first-order valence-electron chi connectivity index (χ1n) is 4.98. The zero-order valence-electron chi connectivity index (χ0n) is 8.80. The molecule has 1 N–H and O–H groups in total. The van der Waals surface area contributed by atoms with Crippen LogP contribution in [0.1, 0.15) is 24.0 Å². The first-order valence-corrected chi connectivity index (χ1v) is 6.63. The van der Waals surface area contributed by atoms with E-state index in [-0.39, 0.29) is 18.1 Å². The van der Waals surface area contributed by atoms with Crippen molar-refractivity contribution in [1.82, 2.24) is 0 Å². The maximum Gasteiger partial charge on any atom is 0.307 e. The highest BCUT2D eigenvalue weighted by atomic mass is 32.2.